The van der Waals surface area contributed by atoms with Crippen molar-refractivity contribution in [2.75, 3.05) is 19.6 Å². The van der Waals surface area contributed by atoms with E-state index in [2.05, 4.69) is 4.72 Å². The fraction of sp³-hybridized carbons (Fsp3) is 0.923. The molecule has 1 saturated carbocycles. The molecule has 0 aromatic carbocycles. The van der Waals surface area contributed by atoms with Gasteiger partial charge in [-0.1, -0.05) is 12.8 Å². The minimum absolute atomic E-state index is 0.0969. The van der Waals surface area contributed by atoms with Gasteiger partial charge in [0.1, 0.15) is 0 Å². The Bertz CT molecular complexity index is 474. The van der Waals surface area contributed by atoms with Gasteiger partial charge in [0, 0.05) is 31.6 Å². The van der Waals surface area contributed by atoms with E-state index < -0.39 is 10.2 Å². The quantitative estimate of drug-likeness (QED) is 0.643. The van der Waals surface area contributed by atoms with Crippen molar-refractivity contribution in [3.63, 3.8) is 0 Å². The number of nitrogens with two attached hydrogens (primary N) is 2. The monoisotopic (exact) mass is 318 g/mol. The first-order chi connectivity index (χ1) is 9.77. The number of likely N-dealkylation sites (tertiary alicyclic amines) is 1. The molecule has 2 rings (SSSR count). The SMILES string of the molecule is NC1(CC(=O)N2CCCC(CNS(N)(=O)=O)C2)CCCC1. The molecule has 8 heteroatoms. The number of carbonyl (C=O) groups is 1. The van der Waals surface area contributed by atoms with Crippen LogP contribution in [0.3, 0.4) is 0 Å². The van der Waals surface area contributed by atoms with Gasteiger partial charge >= 0.3 is 0 Å². The van der Waals surface area contributed by atoms with Crippen molar-refractivity contribution < 1.29 is 13.2 Å². The standard InChI is InChI=1S/C13H26N4O3S/c14-13(5-1-2-6-13)8-12(18)17-7-3-4-11(10-17)9-16-21(15,19)20/h11,16H,1-10,14H2,(H2,15,19,20). The predicted molar refractivity (Wildman–Crippen MR) is 80.4 cm³/mol. The van der Waals surface area contributed by atoms with Crippen LogP contribution in [0.4, 0.5) is 0 Å². The highest BCUT2D eigenvalue weighted by Gasteiger charge is 2.34. The summed E-state index contributed by atoms with van der Waals surface area (Å²) in [4.78, 5) is 14.2. The molecule has 122 valence electrons. The van der Waals surface area contributed by atoms with Crippen molar-refractivity contribution in [3.8, 4) is 0 Å². The summed E-state index contributed by atoms with van der Waals surface area (Å²) >= 11 is 0. The zero-order valence-electron chi connectivity index (χ0n) is 12.4. The normalized spacial score (nSPS) is 26.0. The van der Waals surface area contributed by atoms with Crippen molar-refractivity contribution in [3.05, 3.63) is 0 Å². The van der Waals surface area contributed by atoms with Crippen LogP contribution >= 0.6 is 0 Å². The van der Waals surface area contributed by atoms with Gasteiger partial charge in [0.15, 0.2) is 0 Å². The lowest BCUT2D eigenvalue weighted by molar-refractivity contribution is -0.134. The fourth-order valence-corrected chi connectivity index (χ4v) is 3.83. The maximum atomic E-state index is 12.4. The third-order valence-electron chi connectivity index (χ3n) is 4.55. The van der Waals surface area contributed by atoms with E-state index in [1.54, 1.807) is 0 Å². The Morgan fingerprint density at radius 1 is 1.29 bits per heavy atom. The van der Waals surface area contributed by atoms with Crippen molar-refractivity contribution in [2.45, 2.75) is 50.5 Å². The number of nitrogens with zero attached hydrogens (tertiary/aromatic N) is 1. The number of nitrogens with one attached hydrogen (secondary N) is 1. The zero-order chi connectivity index (χ0) is 15.5. The first-order valence-electron chi connectivity index (χ1n) is 7.61. The van der Waals surface area contributed by atoms with Crippen LogP contribution in [0, 0.1) is 5.92 Å². The van der Waals surface area contributed by atoms with Gasteiger partial charge in [-0.25, -0.2) is 9.86 Å². The highest BCUT2D eigenvalue weighted by molar-refractivity contribution is 7.87. The van der Waals surface area contributed by atoms with Crippen LogP contribution in [-0.4, -0.2) is 44.4 Å². The second kappa shape index (κ2) is 6.60. The Morgan fingerprint density at radius 2 is 1.95 bits per heavy atom. The molecule has 1 amide bonds. The summed E-state index contributed by atoms with van der Waals surface area (Å²) in [5, 5.41) is 4.94. The second-order valence-electron chi connectivity index (χ2n) is 6.49. The van der Waals surface area contributed by atoms with Crippen LogP contribution in [0.2, 0.25) is 0 Å². The Hall–Kier alpha value is -0.700. The van der Waals surface area contributed by atoms with E-state index in [1.165, 1.54) is 0 Å². The minimum Gasteiger partial charge on any atom is -0.342 e. The Kier molecular flexibility index (Phi) is 5.24. The summed E-state index contributed by atoms with van der Waals surface area (Å²) in [5.74, 6) is 0.220. The first-order valence-corrected chi connectivity index (χ1v) is 9.16. The van der Waals surface area contributed by atoms with E-state index >= 15 is 0 Å². The number of rotatable bonds is 5. The van der Waals surface area contributed by atoms with Gasteiger partial charge in [-0.05, 0) is 31.6 Å². The highest BCUT2D eigenvalue weighted by atomic mass is 32.2. The number of amides is 1. The molecule has 1 aliphatic carbocycles. The molecule has 2 aliphatic rings. The molecule has 2 fully saturated rings. The molecule has 0 spiro atoms. The summed E-state index contributed by atoms with van der Waals surface area (Å²) in [6, 6.07) is 0. The molecule has 1 aliphatic heterocycles. The predicted octanol–water partition coefficient (Wildman–Crippen LogP) is -0.320. The molecule has 1 saturated heterocycles. The third-order valence-corrected chi connectivity index (χ3v) is 5.12. The average molecular weight is 318 g/mol. The molecular formula is C13H26N4O3S. The summed E-state index contributed by atoms with van der Waals surface area (Å²) in [7, 11) is -3.66. The summed E-state index contributed by atoms with van der Waals surface area (Å²) in [6.07, 6.45) is 6.24. The van der Waals surface area contributed by atoms with Gasteiger partial charge in [-0.2, -0.15) is 8.42 Å². The smallest absolute Gasteiger partial charge is 0.274 e. The summed E-state index contributed by atoms with van der Waals surface area (Å²) < 4.78 is 24.2. The Morgan fingerprint density at radius 3 is 2.57 bits per heavy atom. The topological polar surface area (TPSA) is 119 Å². The Labute approximate surface area is 126 Å². The second-order valence-corrected chi connectivity index (χ2v) is 7.87. The van der Waals surface area contributed by atoms with Crippen molar-refractivity contribution in [1.29, 1.82) is 0 Å². The van der Waals surface area contributed by atoms with Crippen LogP contribution in [-0.2, 0) is 15.0 Å². The number of carbonyl (C=O) groups excluding carboxylic acids is 1. The first kappa shape index (κ1) is 16.7. The molecule has 0 aromatic heterocycles. The lowest BCUT2D eigenvalue weighted by Crippen LogP contribution is -2.48. The van der Waals surface area contributed by atoms with Crippen molar-refractivity contribution >= 4 is 16.1 Å². The average Bonchev–Trinajstić information content (AvgIpc) is 2.82. The fourth-order valence-electron chi connectivity index (χ4n) is 3.36. The van der Waals surface area contributed by atoms with Gasteiger partial charge in [0.05, 0.1) is 0 Å². The van der Waals surface area contributed by atoms with Crippen LogP contribution in [0.5, 0.6) is 0 Å². The van der Waals surface area contributed by atoms with E-state index in [0.717, 1.165) is 45.1 Å². The van der Waals surface area contributed by atoms with E-state index in [9.17, 15) is 13.2 Å². The largest absolute Gasteiger partial charge is 0.342 e. The summed E-state index contributed by atoms with van der Waals surface area (Å²) in [6.45, 7) is 1.61. The van der Waals surface area contributed by atoms with E-state index in [0.29, 0.717) is 13.0 Å². The maximum Gasteiger partial charge on any atom is 0.274 e. The lowest BCUT2D eigenvalue weighted by Gasteiger charge is -2.35. The van der Waals surface area contributed by atoms with Crippen molar-refractivity contribution in [2.24, 2.45) is 16.8 Å². The number of hydrogen-bond donors (Lipinski definition) is 3. The molecule has 0 radical (unpaired) electrons. The molecule has 7 nitrogen and oxygen atoms in total. The van der Waals surface area contributed by atoms with Gasteiger partial charge in [-0.15, -0.1) is 0 Å². The zero-order valence-corrected chi connectivity index (χ0v) is 13.2. The molecule has 0 bridgehead atoms. The van der Waals surface area contributed by atoms with Gasteiger partial charge < -0.3 is 10.6 Å². The molecule has 21 heavy (non-hydrogen) atoms. The lowest BCUT2D eigenvalue weighted by atomic mass is 9.92. The van der Waals surface area contributed by atoms with E-state index in [4.69, 9.17) is 10.9 Å². The molecular weight excluding hydrogens is 292 g/mol. The molecule has 0 aromatic rings. The minimum atomic E-state index is -3.66. The van der Waals surface area contributed by atoms with Gasteiger partial charge in [-0.3, -0.25) is 4.79 Å². The van der Waals surface area contributed by atoms with E-state index in [1.807, 2.05) is 4.90 Å². The van der Waals surface area contributed by atoms with Crippen LogP contribution < -0.4 is 15.6 Å². The molecule has 5 N–H and O–H groups in total. The van der Waals surface area contributed by atoms with Gasteiger partial charge in [0.2, 0.25) is 5.91 Å². The molecule has 1 atom stereocenters. The van der Waals surface area contributed by atoms with E-state index in [-0.39, 0.29) is 23.9 Å². The molecule has 1 heterocycles. The maximum absolute atomic E-state index is 12.4. The highest BCUT2D eigenvalue weighted by Crippen LogP contribution is 2.31. The molecule has 1 unspecified atom stereocenters. The van der Waals surface area contributed by atoms with Crippen LogP contribution in [0.1, 0.15) is 44.9 Å². The van der Waals surface area contributed by atoms with Crippen molar-refractivity contribution in [1.82, 2.24) is 9.62 Å². The Balaban J connectivity index is 1.84. The third kappa shape index (κ3) is 5.21. The number of hydrogen-bond acceptors (Lipinski definition) is 4. The van der Waals surface area contributed by atoms with Gasteiger partial charge in [0.25, 0.3) is 10.2 Å². The summed E-state index contributed by atoms with van der Waals surface area (Å²) in [5.41, 5.74) is 5.93. The number of piperidine rings is 1. The van der Waals surface area contributed by atoms with Crippen LogP contribution in [0.25, 0.3) is 0 Å². The van der Waals surface area contributed by atoms with Crippen LogP contribution in [0.15, 0.2) is 0 Å².